The number of aliphatic hydroxyl groups is 3. The number of ether oxygens (including phenoxy) is 2. The number of hydrogen-bond acceptors (Lipinski definition) is 5. The van der Waals surface area contributed by atoms with Gasteiger partial charge in [-0.05, 0) is 6.42 Å². The van der Waals surface area contributed by atoms with Crippen molar-refractivity contribution in [3.05, 3.63) is 0 Å². The fourth-order valence-electron chi connectivity index (χ4n) is 1.21. The molecule has 5 heteroatoms. The van der Waals surface area contributed by atoms with E-state index in [9.17, 15) is 15.3 Å². The molecule has 78 valence electrons. The molecule has 4 atom stereocenters. The smallest absolute Gasteiger partial charge is 0.183 e. The zero-order valence-corrected chi connectivity index (χ0v) is 7.59. The van der Waals surface area contributed by atoms with E-state index < -0.39 is 24.6 Å². The molecule has 0 aromatic carbocycles. The first-order chi connectivity index (χ1) is 6.16. The zero-order valence-electron chi connectivity index (χ0n) is 7.59. The van der Waals surface area contributed by atoms with Crippen molar-refractivity contribution in [2.24, 2.45) is 0 Å². The van der Waals surface area contributed by atoms with Gasteiger partial charge in [0.2, 0.25) is 0 Å². The Morgan fingerprint density at radius 1 is 1.38 bits per heavy atom. The van der Waals surface area contributed by atoms with Gasteiger partial charge in [-0.3, -0.25) is 0 Å². The lowest BCUT2D eigenvalue weighted by atomic mass is 10.1. The molecule has 1 rings (SSSR count). The van der Waals surface area contributed by atoms with Crippen molar-refractivity contribution >= 4 is 0 Å². The van der Waals surface area contributed by atoms with E-state index in [1.54, 1.807) is 0 Å². The molecule has 0 spiro atoms. The monoisotopic (exact) mass is 192 g/mol. The average molecular weight is 192 g/mol. The summed E-state index contributed by atoms with van der Waals surface area (Å²) in [5.41, 5.74) is 0. The van der Waals surface area contributed by atoms with Gasteiger partial charge in [-0.1, -0.05) is 6.92 Å². The third-order valence-electron chi connectivity index (χ3n) is 1.96. The number of aliphatic hydroxyl groups excluding tert-OH is 3. The molecule has 0 radical (unpaired) electrons. The van der Waals surface area contributed by atoms with Crippen LogP contribution in [0, 0.1) is 0 Å². The van der Waals surface area contributed by atoms with E-state index in [2.05, 4.69) is 0 Å². The van der Waals surface area contributed by atoms with Gasteiger partial charge < -0.3 is 24.8 Å². The third kappa shape index (κ3) is 2.62. The van der Waals surface area contributed by atoms with Gasteiger partial charge in [-0.2, -0.15) is 0 Å². The second kappa shape index (κ2) is 4.88. The zero-order chi connectivity index (χ0) is 9.84. The van der Waals surface area contributed by atoms with Crippen molar-refractivity contribution in [3.63, 3.8) is 0 Å². The lowest BCUT2D eigenvalue weighted by Crippen LogP contribution is -2.54. The van der Waals surface area contributed by atoms with Crippen LogP contribution in [0.25, 0.3) is 0 Å². The minimum Gasteiger partial charge on any atom is -0.388 e. The highest BCUT2D eigenvalue weighted by molar-refractivity contribution is 4.83. The lowest BCUT2D eigenvalue weighted by molar-refractivity contribution is -0.264. The molecule has 0 aliphatic carbocycles. The summed E-state index contributed by atoms with van der Waals surface area (Å²) in [7, 11) is 0. The van der Waals surface area contributed by atoms with Gasteiger partial charge in [-0.25, -0.2) is 0 Å². The quantitative estimate of drug-likeness (QED) is 0.526. The normalized spacial score (nSPS) is 40.6. The predicted molar refractivity (Wildman–Crippen MR) is 44.0 cm³/mol. The third-order valence-corrected chi connectivity index (χ3v) is 1.96. The molecule has 1 heterocycles. The molecule has 1 aliphatic heterocycles. The van der Waals surface area contributed by atoms with E-state index in [0.717, 1.165) is 6.42 Å². The van der Waals surface area contributed by atoms with Gasteiger partial charge in [-0.15, -0.1) is 0 Å². The van der Waals surface area contributed by atoms with E-state index >= 15 is 0 Å². The van der Waals surface area contributed by atoms with Gasteiger partial charge in [0.15, 0.2) is 6.29 Å². The van der Waals surface area contributed by atoms with Gasteiger partial charge in [0, 0.05) is 6.61 Å². The van der Waals surface area contributed by atoms with Crippen LogP contribution in [0.3, 0.4) is 0 Å². The van der Waals surface area contributed by atoms with Crippen LogP contribution >= 0.6 is 0 Å². The van der Waals surface area contributed by atoms with E-state index in [4.69, 9.17) is 9.47 Å². The van der Waals surface area contributed by atoms with Crippen molar-refractivity contribution < 1.29 is 24.8 Å². The highest BCUT2D eigenvalue weighted by atomic mass is 16.6. The molecule has 5 nitrogen and oxygen atoms in total. The summed E-state index contributed by atoms with van der Waals surface area (Å²) in [6.07, 6.45) is -3.26. The predicted octanol–water partition coefficient (Wildman–Crippen LogP) is -1.15. The van der Waals surface area contributed by atoms with Gasteiger partial charge in [0.25, 0.3) is 0 Å². The van der Waals surface area contributed by atoms with Crippen LogP contribution < -0.4 is 0 Å². The molecule has 0 amide bonds. The Labute approximate surface area is 76.9 Å². The van der Waals surface area contributed by atoms with E-state index in [0.29, 0.717) is 6.61 Å². The molecule has 1 aliphatic rings. The van der Waals surface area contributed by atoms with E-state index in [1.165, 1.54) is 0 Å². The standard InChI is InChI=1S/C8H16O5/c1-2-3-12-7-6(10)5(9)4-13-8(7)11/h5-11H,2-4H2,1H3/t5-,6+,7-,8-/m1/s1. The molecule has 3 N–H and O–H groups in total. The van der Waals surface area contributed by atoms with Crippen molar-refractivity contribution in [3.8, 4) is 0 Å². The maximum atomic E-state index is 9.42. The molecule has 13 heavy (non-hydrogen) atoms. The lowest BCUT2D eigenvalue weighted by Gasteiger charge is -2.35. The first-order valence-electron chi connectivity index (χ1n) is 4.44. The van der Waals surface area contributed by atoms with Crippen LogP contribution in [0.1, 0.15) is 13.3 Å². The summed E-state index contributed by atoms with van der Waals surface area (Å²) in [5, 5.41) is 27.9. The SMILES string of the molecule is CCCO[C@@H]1[C@@H](O)[C@H](O)CO[C@H]1O. The fourth-order valence-corrected chi connectivity index (χ4v) is 1.21. The van der Waals surface area contributed by atoms with Crippen molar-refractivity contribution in [2.75, 3.05) is 13.2 Å². The molecule has 0 aromatic rings. The fraction of sp³-hybridized carbons (Fsp3) is 1.00. The number of rotatable bonds is 3. The van der Waals surface area contributed by atoms with Crippen LogP contribution in [0.2, 0.25) is 0 Å². The summed E-state index contributed by atoms with van der Waals surface area (Å²) in [5.74, 6) is 0. The Bertz CT molecular complexity index is 151. The second-order valence-corrected chi connectivity index (χ2v) is 3.12. The molecule has 1 saturated heterocycles. The summed E-state index contributed by atoms with van der Waals surface area (Å²) >= 11 is 0. The van der Waals surface area contributed by atoms with Crippen LogP contribution in [0.15, 0.2) is 0 Å². The Morgan fingerprint density at radius 3 is 2.69 bits per heavy atom. The highest BCUT2D eigenvalue weighted by Gasteiger charge is 2.38. The molecule has 0 saturated carbocycles. The van der Waals surface area contributed by atoms with Crippen LogP contribution in [0.5, 0.6) is 0 Å². The second-order valence-electron chi connectivity index (χ2n) is 3.12. The average Bonchev–Trinajstić information content (AvgIpc) is 2.12. The summed E-state index contributed by atoms with van der Waals surface area (Å²) in [6.45, 7) is 2.28. The van der Waals surface area contributed by atoms with Gasteiger partial charge >= 0.3 is 0 Å². The Hall–Kier alpha value is -0.200. The van der Waals surface area contributed by atoms with Crippen molar-refractivity contribution in [1.29, 1.82) is 0 Å². The van der Waals surface area contributed by atoms with E-state index in [1.807, 2.05) is 6.92 Å². The molecule has 0 unspecified atom stereocenters. The highest BCUT2D eigenvalue weighted by Crippen LogP contribution is 2.16. The maximum Gasteiger partial charge on any atom is 0.183 e. The van der Waals surface area contributed by atoms with E-state index in [-0.39, 0.29) is 6.61 Å². The summed E-state index contributed by atoms with van der Waals surface area (Å²) < 4.78 is 9.93. The molecule has 1 fully saturated rings. The topological polar surface area (TPSA) is 79.2 Å². The Morgan fingerprint density at radius 2 is 2.08 bits per heavy atom. The summed E-state index contributed by atoms with van der Waals surface area (Å²) in [4.78, 5) is 0. The first kappa shape index (κ1) is 10.9. The van der Waals surface area contributed by atoms with Crippen LogP contribution in [-0.4, -0.2) is 53.1 Å². The Kier molecular flexibility index (Phi) is 4.08. The molecular formula is C8H16O5. The van der Waals surface area contributed by atoms with Gasteiger partial charge in [0.05, 0.1) is 6.61 Å². The van der Waals surface area contributed by atoms with Gasteiger partial charge in [0.1, 0.15) is 18.3 Å². The van der Waals surface area contributed by atoms with Crippen LogP contribution in [-0.2, 0) is 9.47 Å². The van der Waals surface area contributed by atoms with Crippen molar-refractivity contribution in [2.45, 2.75) is 37.9 Å². The minimum atomic E-state index is -1.15. The minimum absolute atomic E-state index is 0.0612. The summed E-state index contributed by atoms with van der Waals surface area (Å²) in [6, 6.07) is 0. The Balaban J connectivity index is 2.45. The molecule has 0 aromatic heterocycles. The van der Waals surface area contributed by atoms with Crippen molar-refractivity contribution in [1.82, 2.24) is 0 Å². The molecular weight excluding hydrogens is 176 g/mol. The largest absolute Gasteiger partial charge is 0.388 e. The van der Waals surface area contributed by atoms with Crippen LogP contribution in [0.4, 0.5) is 0 Å². The number of hydrogen-bond donors (Lipinski definition) is 3. The first-order valence-corrected chi connectivity index (χ1v) is 4.44. The molecule has 0 bridgehead atoms. The maximum absolute atomic E-state index is 9.42.